The first-order valence-corrected chi connectivity index (χ1v) is 18.1. The smallest absolute Gasteiger partial charge is 0.0794 e. The summed E-state index contributed by atoms with van der Waals surface area (Å²) >= 11 is 0. The standard InChI is InChI=1S/C43H46N6O/c1-27-32-13-5-9-17-36(32)44-40(27)23-48(24-41-28(2)33-14-6-10-18-37(33)45-41)21-31(50)22-49(25-42-29(3)34-15-7-11-19-38(34)46-42)26-43-30(4)35-16-8-12-20-39(35)47-43/h5-20,27-31,50H,21-26H2,1-4H3. The van der Waals surface area contributed by atoms with E-state index >= 15 is 0 Å². The number of hydrogen-bond donors (Lipinski definition) is 1. The van der Waals surface area contributed by atoms with Gasteiger partial charge in [-0.2, -0.15) is 0 Å². The van der Waals surface area contributed by atoms with Crippen molar-refractivity contribution < 1.29 is 5.11 Å². The van der Waals surface area contributed by atoms with Crippen molar-refractivity contribution in [3.05, 3.63) is 119 Å². The Morgan fingerprint density at radius 3 is 0.920 bits per heavy atom. The molecule has 4 aromatic rings. The Bertz CT molecular complexity index is 1760. The molecule has 4 atom stereocenters. The van der Waals surface area contributed by atoms with Gasteiger partial charge in [0.2, 0.25) is 0 Å². The van der Waals surface area contributed by atoms with Crippen molar-refractivity contribution in [1.82, 2.24) is 9.80 Å². The maximum Gasteiger partial charge on any atom is 0.0794 e. The third-order valence-electron chi connectivity index (χ3n) is 11.1. The van der Waals surface area contributed by atoms with Gasteiger partial charge >= 0.3 is 0 Å². The van der Waals surface area contributed by atoms with Crippen molar-refractivity contribution in [2.45, 2.75) is 57.5 Å². The molecule has 4 heterocycles. The maximum atomic E-state index is 12.0. The number of hydrogen-bond acceptors (Lipinski definition) is 7. The van der Waals surface area contributed by atoms with Crippen LogP contribution in [-0.4, -0.2) is 83.1 Å². The lowest BCUT2D eigenvalue weighted by Crippen LogP contribution is -2.46. The van der Waals surface area contributed by atoms with E-state index in [4.69, 9.17) is 20.0 Å². The van der Waals surface area contributed by atoms with Gasteiger partial charge in [0.1, 0.15) is 0 Å². The highest BCUT2D eigenvalue weighted by Gasteiger charge is 2.32. The molecule has 0 bridgehead atoms. The van der Waals surface area contributed by atoms with Gasteiger partial charge in [0.05, 0.1) is 28.9 Å². The van der Waals surface area contributed by atoms with Crippen molar-refractivity contribution in [2.24, 2.45) is 20.0 Å². The van der Waals surface area contributed by atoms with Crippen molar-refractivity contribution >= 4 is 45.6 Å². The Kier molecular flexibility index (Phi) is 8.90. The molecule has 4 aromatic carbocycles. The number of aliphatic imine (C=N–C) groups is 4. The minimum Gasteiger partial charge on any atom is -0.390 e. The molecule has 0 spiro atoms. The Hall–Kier alpha value is -4.56. The molecule has 0 saturated heterocycles. The summed E-state index contributed by atoms with van der Waals surface area (Å²) in [6, 6.07) is 33.8. The zero-order chi connectivity index (χ0) is 34.4. The number of aliphatic hydroxyl groups is 1. The van der Waals surface area contributed by atoms with Crippen LogP contribution in [0.15, 0.2) is 117 Å². The number of rotatable bonds is 12. The maximum absolute atomic E-state index is 12.0. The molecule has 0 radical (unpaired) electrons. The molecule has 4 unspecified atom stereocenters. The summed E-state index contributed by atoms with van der Waals surface area (Å²) in [6.07, 6.45) is -0.603. The predicted octanol–water partition coefficient (Wildman–Crippen LogP) is 8.51. The highest BCUT2D eigenvalue weighted by atomic mass is 16.3. The third kappa shape index (κ3) is 6.30. The second kappa shape index (κ2) is 13.6. The van der Waals surface area contributed by atoms with Gasteiger partial charge < -0.3 is 5.11 Å². The number of fused-ring (bicyclic) bond motifs is 4. The lowest BCUT2D eigenvalue weighted by atomic mass is 9.96. The van der Waals surface area contributed by atoms with E-state index in [2.05, 4.69) is 135 Å². The van der Waals surface area contributed by atoms with Gasteiger partial charge in [-0.25, -0.2) is 0 Å². The minimum absolute atomic E-state index is 0.231. The van der Waals surface area contributed by atoms with Crippen LogP contribution < -0.4 is 0 Å². The number of benzene rings is 4. The van der Waals surface area contributed by atoms with Gasteiger partial charge in [0, 0.05) is 85.8 Å². The second-order valence-electron chi connectivity index (χ2n) is 14.5. The molecule has 7 nitrogen and oxygen atoms in total. The van der Waals surface area contributed by atoms with Gasteiger partial charge in [0.25, 0.3) is 0 Å². The SMILES string of the molecule is CC1C(CN(CC2=Nc3ccccc3C2C)CC(O)CN(CC2=Nc3ccccc3C2C)CC2=Nc3ccccc3C2C)=Nc2ccccc21. The number of aliphatic hydroxyl groups excluding tert-OH is 1. The van der Waals surface area contributed by atoms with E-state index in [1.807, 2.05) is 0 Å². The van der Waals surface area contributed by atoms with Crippen LogP contribution in [0.1, 0.15) is 73.6 Å². The van der Waals surface area contributed by atoms with Crippen LogP contribution in [0.25, 0.3) is 0 Å². The molecular weight excluding hydrogens is 617 g/mol. The molecule has 254 valence electrons. The largest absolute Gasteiger partial charge is 0.390 e. The lowest BCUT2D eigenvalue weighted by Gasteiger charge is -2.31. The van der Waals surface area contributed by atoms with Crippen LogP contribution in [0.3, 0.4) is 0 Å². The molecular formula is C43H46N6O. The molecule has 0 aromatic heterocycles. The first kappa shape index (κ1) is 32.6. The summed E-state index contributed by atoms with van der Waals surface area (Å²) in [5.41, 5.74) is 13.9. The predicted molar refractivity (Wildman–Crippen MR) is 207 cm³/mol. The van der Waals surface area contributed by atoms with Gasteiger partial charge in [-0.1, -0.05) is 100 Å². The summed E-state index contributed by atoms with van der Waals surface area (Å²) in [5, 5.41) is 12.0. The zero-order valence-corrected chi connectivity index (χ0v) is 29.5. The van der Waals surface area contributed by atoms with Crippen LogP contribution in [0, 0.1) is 0 Å². The van der Waals surface area contributed by atoms with E-state index < -0.39 is 6.10 Å². The molecule has 50 heavy (non-hydrogen) atoms. The van der Waals surface area contributed by atoms with Crippen LogP contribution in [-0.2, 0) is 0 Å². The van der Waals surface area contributed by atoms with Crippen LogP contribution in [0.4, 0.5) is 22.7 Å². The third-order valence-corrected chi connectivity index (χ3v) is 11.1. The second-order valence-corrected chi connectivity index (χ2v) is 14.5. The lowest BCUT2D eigenvalue weighted by molar-refractivity contribution is 0.0935. The first-order chi connectivity index (χ1) is 24.3. The minimum atomic E-state index is -0.603. The van der Waals surface area contributed by atoms with E-state index in [1.165, 1.54) is 22.3 Å². The first-order valence-electron chi connectivity index (χ1n) is 18.1. The van der Waals surface area contributed by atoms with Crippen molar-refractivity contribution in [3.8, 4) is 0 Å². The molecule has 0 saturated carbocycles. The van der Waals surface area contributed by atoms with Crippen LogP contribution in [0.5, 0.6) is 0 Å². The van der Waals surface area contributed by atoms with Gasteiger partial charge in [-0.3, -0.25) is 29.8 Å². The molecule has 1 N–H and O–H groups in total. The fourth-order valence-electron chi connectivity index (χ4n) is 8.18. The molecule has 8 rings (SSSR count). The summed E-state index contributed by atoms with van der Waals surface area (Å²) in [4.78, 5) is 25.0. The highest BCUT2D eigenvalue weighted by Crippen LogP contribution is 2.39. The number of nitrogens with zero attached hydrogens (tertiary/aromatic N) is 6. The van der Waals surface area contributed by atoms with Crippen molar-refractivity contribution in [1.29, 1.82) is 0 Å². The molecule has 4 aliphatic heterocycles. The van der Waals surface area contributed by atoms with E-state index in [0.717, 1.165) is 45.6 Å². The van der Waals surface area contributed by atoms with E-state index in [1.54, 1.807) is 0 Å². The molecule has 4 aliphatic rings. The summed E-state index contributed by atoms with van der Waals surface area (Å²) < 4.78 is 0. The molecule has 0 amide bonds. The average molecular weight is 663 g/mol. The van der Waals surface area contributed by atoms with E-state index in [-0.39, 0.29) is 23.7 Å². The average Bonchev–Trinajstić information content (AvgIpc) is 3.82. The number of para-hydroxylation sites is 4. The molecule has 7 heteroatoms. The Morgan fingerprint density at radius 2 is 0.680 bits per heavy atom. The Balaban J connectivity index is 1.04. The Labute approximate surface area is 295 Å². The quantitative estimate of drug-likeness (QED) is 0.165. The van der Waals surface area contributed by atoms with Crippen LogP contribution in [0.2, 0.25) is 0 Å². The van der Waals surface area contributed by atoms with Gasteiger partial charge in [-0.15, -0.1) is 0 Å². The van der Waals surface area contributed by atoms with Crippen molar-refractivity contribution in [2.75, 3.05) is 39.3 Å². The zero-order valence-electron chi connectivity index (χ0n) is 29.5. The van der Waals surface area contributed by atoms with Crippen LogP contribution >= 0.6 is 0 Å². The Morgan fingerprint density at radius 1 is 0.440 bits per heavy atom. The molecule has 0 aliphatic carbocycles. The summed E-state index contributed by atoms with van der Waals surface area (Å²) in [5.74, 6) is 0.924. The highest BCUT2D eigenvalue weighted by molar-refractivity contribution is 6.02. The van der Waals surface area contributed by atoms with Crippen molar-refractivity contribution in [3.63, 3.8) is 0 Å². The normalized spacial score (nSPS) is 22.1. The van der Waals surface area contributed by atoms with E-state index in [0.29, 0.717) is 39.3 Å². The van der Waals surface area contributed by atoms with Gasteiger partial charge in [-0.05, 0) is 46.5 Å². The summed E-state index contributed by atoms with van der Waals surface area (Å²) in [7, 11) is 0. The van der Waals surface area contributed by atoms with E-state index in [9.17, 15) is 5.11 Å². The monoisotopic (exact) mass is 662 g/mol. The fraction of sp³-hybridized carbons (Fsp3) is 0.349. The summed E-state index contributed by atoms with van der Waals surface area (Å²) in [6.45, 7) is 12.7. The topological polar surface area (TPSA) is 76.2 Å². The fourth-order valence-corrected chi connectivity index (χ4v) is 8.18. The molecule has 0 fully saturated rings. The van der Waals surface area contributed by atoms with Gasteiger partial charge in [0.15, 0.2) is 0 Å².